The molecular formula is C74H68Cl4N12O16. The van der Waals surface area contributed by atoms with E-state index in [2.05, 4.69) is 26.3 Å². The highest BCUT2D eigenvalue weighted by Crippen LogP contribution is 2.39. The van der Waals surface area contributed by atoms with Crippen molar-refractivity contribution in [2.45, 2.75) is 46.6 Å². The van der Waals surface area contributed by atoms with E-state index >= 15 is 0 Å². The van der Waals surface area contributed by atoms with Gasteiger partial charge < -0.3 is 58.3 Å². The number of benzene rings is 8. The third kappa shape index (κ3) is 14.8. The third-order valence-electron chi connectivity index (χ3n) is 16.3. The lowest BCUT2D eigenvalue weighted by molar-refractivity contribution is -0.145. The number of phenolic OH excluding ortho intramolecular Hbond substituents is 4. The first kappa shape index (κ1) is 72.1. The van der Waals surface area contributed by atoms with E-state index in [9.17, 15) is 39.6 Å². The molecule has 0 aliphatic heterocycles. The lowest BCUT2D eigenvalue weighted by Gasteiger charge is -2.14. The molecule has 0 saturated carbocycles. The summed E-state index contributed by atoms with van der Waals surface area (Å²) in [6.45, 7) is 22.1. The summed E-state index contributed by atoms with van der Waals surface area (Å²) >= 11 is 24.1. The van der Waals surface area contributed by atoms with Gasteiger partial charge in [-0.2, -0.15) is 0 Å². The Labute approximate surface area is 621 Å². The number of rotatable bonds is 26. The van der Waals surface area contributed by atoms with Gasteiger partial charge in [0.1, 0.15) is 139 Å². The molecule has 0 aliphatic carbocycles. The number of esters is 4. The van der Waals surface area contributed by atoms with Gasteiger partial charge >= 0.3 is 23.9 Å². The SMILES string of the molecule is C=C(C)C(=O)OC(C)COc1ccc(-n2n3c4ccc(Cl)cc4n23)c(O)c1.C=C(C)C(=O)OCCCOc1ccc(-n2n3c4ccc(Cl)cc4n23)c(O)c1.C=C(C)C(=O)OCCOc1ccc(-n2n3c4ccc(Cl)cc4n23)c(O)c1.C=CC(=O)OCCCOc1ccc(-n2n3c4ccc(Cl)cc4n23)c(O)c1. The van der Waals surface area contributed by atoms with Crippen molar-refractivity contribution >= 4 is 114 Å². The number of carbonyl (C=O) groups excluding carboxylic acids is 4. The zero-order chi connectivity index (χ0) is 75.1. The highest BCUT2D eigenvalue weighted by atomic mass is 35.5. The van der Waals surface area contributed by atoms with E-state index in [4.69, 9.17) is 84.3 Å². The molecule has 8 aromatic heterocycles. The summed E-state index contributed by atoms with van der Waals surface area (Å²) in [7, 11) is 0. The Morgan fingerprint density at radius 2 is 0.670 bits per heavy atom. The van der Waals surface area contributed by atoms with E-state index in [1.165, 1.54) is 12.1 Å². The van der Waals surface area contributed by atoms with Gasteiger partial charge in [-0.05, 0) is 149 Å². The predicted molar refractivity (Wildman–Crippen MR) is 396 cm³/mol. The van der Waals surface area contributed by atoms with Crippen LogP contribution in [0.15, 0.2) is 195 Å². The van der Waals surface area contributed by atoms with Crippen LogP contribution in [0.25, 0.3) is 66.9 Å². The summed E-state index contributed by atoms with van der Waals surface area (Å²) in [5, 5.41) is 44.0. The van der Waals surface area contributed by atoms with E-state index in [1.54, 1.807) is 88.4 Å². The molecule has 28 nitrogen and oxygen atoms in total. The topological polar surface area (TPSA) is 278 Å². The van der Waals surface area contributed by atoms with Crippen molar-refractivity contribution in [3.8, 4) is 68.7 Å². The number of halogens is 4. The highest BCUT2D eigenvalue weighted by Gasteiger charge is 2.30. The minimum Gasteiger partial charge on any atom is -0.505 e. The molecule has 0 saturated heterocycles. The zero-order valence-electron chi connectivity index (χ0n) is 57.3. The standard InChI is InChI=1S/2C19H18ClN3O4.2C18H16ClN3O4/c1-11(2)19(25)27-12(3)10-26-14-5-7-16(18(24)9-14)22-21-15-6-4-13(20)8-17(15)23(21)22;1-12(2)19(25)27-9-3-8-26-14-5-7-16(18(24)11-14)22-21-15-6-4-13(20)10-17(15)23(21)22;1-11(2)18(24)26-8-7-25-13-4-6-15(17(23)10-13)21-20-14-5-3-12(19)9-16(14)22(20)21;1-2-18(24)26-9-3-8-25-13-5-7-15(17(23)11-13)21-20-14-6-4-12(19)10-16(14)22(20)21/h4-9,12,24H,1,10H2,2-3H3;4-7,10-11,24H,1,3,8-9H2,2H3;3-6,9-10,23H,1,7-8H2,2H3;2,4-7,10-11,23H,1,3,8-9H2. The molecule has 0 radical (unpaired) electrons. The van der Waals surface area contributed by atoms with Crippen molar-refractivity contribution in [2.24, 2.45) is 0 Å². The number of hydrogen-bond donors (Lipinski definition) is 4. The van der Waals surface area contributed by atoms with Crippen LogP contribution in [0.4, 0.5) is 0 Å². The molecule has 4 N–H and O–H groups in total. The van der Waals surface area contributed by atoms with Gasteiger partial charge in [0.2, 0.25) is 0 Å². The lowest BCUT2D eigenvalue weighted by atomic mass is 10.3. The van der Waals surface area contributed by atoms with Gasteiger partial charge in [0.05, 0.1) is 26.4 Å². The largest absolute Gasteiger partial charge is 0.505 e. The van der Waals surface area contributed by atoms with Gasteiger partial charge in [-0.15, -0.1) is 56.2 Å². The van der Waals surface area contributed by atoms with E-state index < -0.39 is 30.0 Å². The quantitative estimate of drug-likeness (QED) is 0.0170. The molecule has 0 aliphatic rings. The number of hydrogen-bond acceptors (Lipinski definition) is 16. The molecule has 0 amide bonds. The summed E-state index contributed by atoms with van der Waals surface area (Å²) in [4.78, 5) is 52.3. The minimum atomic E-state index is -0.455. The van der Waals surface area contributed by atoms with Crippen molar-refractivity contribution in [2.75, 3.05) is 46.2 Å². The fourth-order valence-electron chi connectivity index (χ4n) is 11.1. The van der Waals surface area contributed by atoms with Crippen LogP contribution in [-0.2, 0) is 38.1 Å². The number of aromatic nitrogens is 12. The smallest absolute Gasteiger partial charge is 0.333 e. The van der Waals surface area contributed by atoms with Gasteiger partial charge in [0, 0.05) is 80.0 Å². The molecule has 1 unspecified atom stereocenters. The second-order valence-corrected chi connectivity index (χ2v) is 26.1. The van der Waals surface area contributed by atoms with Crippen LogP contribution in [-0.4, -0.2) is 153 Å². The third-order valence-corrected chi connectivity index (χ3v) is 17.3. The second kappa shape index (κ2) is 29.8. The highest BCUT2D eigenvalue weighted by molar-refractivity contribution is 6.32. The molecule has 0 fully saturated rings. The Balaban J connectivity index is 0.000000125. The molecule has 0 spiro atoms. The average molecular weight is 1520 g/mol. The number of nitrogens with zero attached hydrogens (tertiary/aromatic N) is 12. The monoisotopic (exact) mass is 1520 g/mol. The van der Waals surface area contributed by atoms with Crippen LogP contribution in [0.3, 0.4) is 0 Å². The van der Waals surface area contributed by atoms with Crippen LogP contribution in [0.5, 0.6) is 46.0 Å². The summed E-state index contributed by atoms with van der Waals surface area (Å²) in [5.41, 5.74) is 11.6. The fourth-order valence-corrected chi connectivity index (χ4v) is 11.8. The molecule has 1 atom stereocenters. The maximum Gasteiger partial charge on any atom is 0.333 e. The molecule has 106 heavy (non-hydrogen) atoms. The lowest BCUT2D eigenvalue weighted by Crippen LogP contribution is -2.22. The Morgan fingerprint density at radius 3 is 0.981 bits per heavy atom. The minimum absolute atomic E-state index is 0.0745. The zero-order valence-corrected chi connectivity index (χ0v) is 60.3. The second-order valence-electron chi connectivity index (χ2n) is 24.4. The van der Waals surface area contributed by atoms with Crippen molar-refractivity contribution < 1.29 is 77.5 Å². The fraction of sp³-hybridized carbons (Fsp3) is 0.189. The number of aromatic hydroxyl groups is 4. The van der Waals surface area contributed by atoms with Crippen molar-refractivity contribution in [3.63, 3.8) is 0 Å². The van der Waals surface area contributed by atoms with Gasteiger partial charge in [0.15, 0.2) is 0 Å². The van der Waals surface area contributed by atoms with Crippen LogP contribution >= 0.6 is 46.4 Å². The Bertz CT molecular complexity index is 5930. The number of ether oxygens (including phenoxy) is 8. The van der Waals surface area contributed by atoms with E-state index in [-0.39, 0.29) is 56.0 Å². The predicted octanol–water partition coefficient (Wildman–Crippen LogP) is 13.9. The van der Waals surface area contributed by atoms with Crippen molar-refractivity contribution in [1.29, 1.82) is 0 Å². The van der Waals surface area contributed by atoms with Crippen LogP contribution in [0, 0.1) is 0 Å². The van der Waals surface area contributed by atoms with Gasteiger partial charge in [0.25, 0.3) is 0 Å². The molecule has 548 valence electrons. The molecular weight excluding hydrogens is 1450 g/mol. The first-order chi connectivity index (χ1) is 50.9. The number of carbonyl (C=O) groups is 4. The molecule has 16 rings (SSSR count). The van der Waals surface area contributed by atoms with Crippen LogP contribution < -0.4 is 18.9 Å². The molecule has 32 heteroatoms. The van der Waals surface area contributed by atoms with Crippen molar-refractivity contribution in [3.05, 3.63) is 215 Å². The Morgan fingerprint density at radius 1 is 0.377 bits per heavy atom. The summed E-state index contributed by atoms with van der Waals surface area (Å²) in [6, 6.07) is 42.8. The first-order valence-electron chi connectivity index (χ1n) is 32.8. The molecule has 8 aromatic carbocycles. The molecule has 16 aromatic rings. The van der Waals surface area contributed by atoms with Gasteiger partial charge in [-0.25, -0.2) is 19.2 Å². The maximum atomic E-state index is 11.5. The van der Waals surface area contributed by atoms with Gasteiger partial charge in [-0.3, -0.25) is 0 Å². The molecule has 0 bridgehead atoms. The summed E-state index contributed by atoms with van der Waals surface area (Å²) in [6.07, 6.45) is 1.78. The maximum absolute atomic E-state index is 11.5. The van der Waals surface area contributed by atoms with E-state index in [0.717, 1.165) is 50.2 Å². The average Bonchev–Trinajstić information content (AvgIpc) is 1.54. The number of phenols is 4. The normalized spacial score (nSPS) is 11.8. The van der Waals surface area contributed by atoms with Crippen molar-refractivity contribution in [1.82, 2.24) is 56.2 Å². The van der Waals surface area contributed by atoms with Crippen LogP contribution in [0.1, 0.15) is 40.5 Å². The van der Waals surface area contributed by atoms with Gasteiger partial charge in [-0.1, -0.05) is 72.7 Å². The molecule has 8 heterocycles. The van der Waals surface area contributed by atoms with E-state index in [1.807, 2.05) is 129 Å². The Kier molecular flexibility index (Phi) is 20.3. The van der Waals surface area contributed by atoms with Crippen LogP contribution in [0.2, 0.25) is 20.1 Å². The first-order valence-corrected chi connectivity index (χ1v) is 34.3. The Hall–Kier alpha value is -12.2. The number of fused-ring (bicyclic) bond motifs is 16. The summed E-state index contributed by atoms with van der Waals surface area (Å²) < 4.78 is 57.5. The summed E-state index contributed by atoms with van der Waals surface area (Å²) in [5.74, 6) is 0.647. The van der Waals surface area contributed by atoms with E-state index in [0.29, 0.717) is 109 Å².